The van der Waals surface area contributed by atoms with Crippen LogP contribution in [0.4, 0.5) is 10.8 Å². The monoisotopic (exact) mass is 485 g/mol. The lowest BCUT2D eigenvalue weighted by atomic mass is 9.95. The SMILES string of the molecule is O=C1C(=O)N(c2nccs2)[C@H](c2ccc([N+](=O)[O-])cc2)C1=C(O)c1ccc(Br)cc1. The number of ketones is 1. The van der Waals surface area contributed by atoms with Crippen molar-refractivity contribution in [1.29, 1.82) is 0 Å². The van der Waals surface area contributed by atoms with E-state index >= 15 is 0 Å². The van der Waals surface area contributed by atoms with Crippen molar-refractivity contribution in [3.05, 3.63) is 91.4 Å². The number of nitro groups is 1. The van der Waals surface area contributed by atoms with E-state index in [-0.39, 0.29) is 22.2 Å². The molecule has 0 unspecified atom stereocenters. The van der Waals surface area contributed by atoms with Crippen molar-refractivity contribution in [2.75, 3.05) is 4.90 Å². The Morgan fingerprint density at radius 1 is 1.13 bits per heavy atom. The van der Waals surface area contributed by atoms with Crippen LogP contribution < -0.4 is 4.90 Å². The standard InChI is InChI=1S/C20H12BrN3O5S/c21-13-5-1-12(2-6-13)17(25)15-16(11-3-7-14(8-4-11)24(28)29)23(19(27)18(15)26)20-22-9-10-30-20/h1-10,16,25H/t16-/m1/s1. The normalized spacial score (nSPS) is 18.0. The zero-order valence-corrected chi connectivity index (χ0v) is 17.5. The molecule has 1 aromatic heterocycles. The number of non-ortho nitro benzene ring substituents is 1. The minimum atomic E-state index is -0.972. The number of hydrogen-bond donors (Lipinski definition) is 1. The van der Waals surface area contributed by atoms with Gasteiger partial charge in [0.05, 0.1) is 16.5 Å². The number of carbonyl (C=O) groups is 2. The number of anilines is 1. The second-order valence-corrected chi connectivity index (χ2v) is 8.13. The molecule has 0 spiro atoms. The molecule has 8 nitrogen and oxygen atoms in total. The zero-order chi connectivity index (χ0) is 21.4. The van der Waals surface area contributed by atoms with Crippen LogP contribution in [0.15, 0.2) is 70.2 Å². The third-order valence-electron chi connectivity index (χ3n) is 4.61. The molecule has 1 aliphatic heterocycles. The van der Waals surface area contributed by atoms with Gasteiger partial charge in [0.2, 0.25) is 0 Å². The molecular formula is C20H12BrN3O5S. The zero-order valence-electron chi connectivity index (χ0n) is 15.1. The second kappa shape index (κ2) is 7.81. The summed E-state index contributed by atoms with van der Waals surface area (Å²) in [6, 6.07) is 11.2. The topological polar surface area (TPSA) is 114 Å². The van der Waals surface area contributed by atoms with E-state index in [0.717, 1.165) is 4.47 Å². The second-order valence-electron chi connectivity index (χ2n) is 6.34. The lowest BCUT2D eigenvalue weighted by molar-refractivity contribution is -0.384. The number of aromatic nitrogens is 1. The van der Waals surface area contributed by atoms with Crippen LogP contribution in [-0.4, -0.2) is 26.7 Å². The van der Waals surface area contributed by atoms with E-state index in [1.807, 2.05) is 0 Å². The van der Waals surface area contributed by atoms with Crippen LogP contribution in [-0.2, 0) is 9.59 Å². The Morgan fingerprint density at radius 3 is 2.37 bits per heavy atom. The first kappa shape index (κ1) is 19.9. The Hall–Kier alpha value is -3.37. The van der Waals surface area contributed by atoms with Gasteiger partial charge in [-0.25, -0.2) is 4.98 Å². The minimum absolute atomic E-state index is 0.105. The van der Waals surface area contributed by atoms with E-state index in [2.05, 4.69) is 20.9 Å². The predicted octanol–water partition coefficient (Wildman–Crippen LogP) is 4.44. The van der Waals surface area contributed by atoms with Crippen LogP contribution >= 0.6 is 27.3 Å². The number of thiazole rings is 1. The molecule has 0 bridgehead atoms. The highest BCUT2D eigenvalue weighted by Gasteiger charge is 2.48. The van der Waals surface area contributed by atoms with Crippen LogP contribution in [0.25, 0.3) is 5.76 Å². The highest BCUT2D eigenvalue weighted by Crippen LogP contribution is 2.43. The number of nitrogens with zero attached hydrogens (tertiary/aromatic N) is 3. The van der Waals surface area contributed by atoms with Crippen molar-refractivity contribution in [1.82, 2.24) is 4.98 Å². The quantitative estimate of drug-likeness (QED) is 0.192. The average molecular weight is 486 g/mol. The molecule has 150 valence electrons. The summed E-state index contributed by atoms with van der Waals surface area (Å²) in [7, 11) is 0. The summed E-state index contributed by atoms with van der Waals surface area (Å²) in [5.74, 6) is -2.01. The molecule has 2 aromatic carbocycles. The molecule has 0 saturated carbocycles. The van der Waals surface area contributed by atoms with Gasteiger partial charge in [-0.2, -0.15) is 0 Å². The maximum Gasteiger partial charge on any atom is 0.301 e. The van der Waals surface area contributed by atoms with Crippen molar-refractivity contribution >= 4 is 55.5 Å². The Bertz CT molecular complexity index is 1170. The minimum Gasteiger partial charge on any atom is -0.507 e. The number of amides is 1. The molecule has 1 saturated heterocycles. The van der Waals surface area contributed by atoms with Gasteiger partial charge in [0, 0.05) is 33.7 Å². The fourth-order valence-corrected chi connectivity index (χ4v) is 4.15. The van der Waals surface area contributed by atoms with Crippen molar-refractivity contribution in [2.45, 2.75) is 6.04 Å². The Balaban J connectivity index is 1.91. The van der Waals surface area contributed by atoms with Gasteiger partial charge in [-0.1, -0.05) is 28.1 Å². The number of rotatable bonds is 4. The summed E-state index contributed by atoms with van der Waals surface area (Å²) >= 11 is 4.48. The van der Waals surface area contributed by atoms with Gasteiger partial charge >= 0.3 is 5.91 Å². The molecule has 3 aromatic rings. The molecule has 0 radical (unpaired) electrons. The van der Waals surface area contributed by atoms with Crippen molar-refractivity contribution in [2.24, 2.45) is 0 Å². The van der Waals surface area contributed by atoms with E-state index < -0.39 is 22.7 Å². The number of hydrogen-bond acceptors (Lipinski definition) is 7. The first-order chi connectivity index (χ1) is 14.4. The largest absolute Gasteiger partial charge is 0.507 e. The molecule has 1 fully saturated rings. The number of carbonyl (C=O) groups excluding carboxylic acids is 2. The maximum atomic E-state index is 12.9. The third kappa shape index (κ3) is 3.40. The number of Topliss-reactive ketones (excluding diaryl/α,β-unsaturated/α-hetero) is 1. The molecule has 1 aliphatic rings. The highest BCUT2D eigenvalue weighted by molar-refractivity contribution is 9.10. The lowest BCUT2D eigenvalue weighted by Crippen LogP contribution is -2.29. The van der Waals surface area contributed by atoms with Gasteiger partial charge in [0.25, 0.3) is 11.5 Å². The van der Waals surface area contributed by atoms with Crippen molar-refractivity contribution in [3.63, 3.8) is 0 Å². The molecule has 4 rings (SSSR count). The third-order valence-corrected chi connectivity index (χ3v) is 5.91. The fraction of sp³-hybridized carbons (Fsp3) is 0.0500. The summed E-state index contributed by atoms with van der Waals surface area (Å²) in [5.41, 5.74) is 0.570. The van der Waals surface area contributed by atoms with Crippen LogP contribution in [0.1, 0.15) is 17.2 Å². The van der Waals surface area contributed by atoms with E-state index in [4.69, 9.17) is 0 Å². The smallest absolute Gasteiger partial charge is 0.301 e. The summed E-state index contributed by atoms with van der Waals surface area (Å²) in [6.07, 6.45) is 1.50. The van der Waals surface area contributed by atoms with Crippen LogP contribution in [0.5, 0.6) is 0 Å². The number of nitro benzene ring substituents is 1. The van der Waals surface area contributed by atoms with Gasteiger partial charge in [-0.3, -0.25) is 24.6 Å². The lowest BCUT2D eigenvalue weighted by Gasteiger charge is -2.22. The molecule has 10 heteroatoms. The van der Waals surface area contributed by atoms with E-state index in [9.17, 15) is 24.8 Å². The average Bonchev–Trinajstić information content (AvgIpc) is 3.35. The van der Waals surface area contributed by atoms with Crippen molar-refractivity contribution < 1.29 is 19.6 Å². The first-order valence-corrected chi connectivity index (χ1v) is 10.3. The van der Waals surface area contributed by atoms with E-state index in [1.54, 1.807) is 29.6 Å². The van der Waals surface area contributed by atoms with Gasteiger partial charge < -0.3 is 5.11 Å². The summed E-state index contributed by atoms with van der Waals surface area (Å²) in [6.45, 7) is 0. The number of benzene rings is 2. The molecule has 1 N–H and O–H groups in total. The number of halogens is 1. The van der Waals surface area contributed by atoms with Crippen LogP contribution in [0.2, 0.25) is 0 Å². The Labute approximate surface area is 182 Å². The molecule has 30 heavy (non-hydrogen) atoms. The van der Waals surface area contributed by atoms with Gasteiger partial charge in [-0.05, 0) is 29.8 Å². The van der Waals surface area contributed by atoms with Gasteiger partial charge in [-0.15, -0.1) is 11.3 Å². The van der Waals surface area contributed by atoms with Gasteiger partial charge in [0.15, 0.2) is 5.13 Å². The molecular weight excluding hydrogens is 474 g/mol. The molecule has 1 atom stereocenters. The van der Waals surface area contributed by atoms with E-state index in [0.29, 0.717) is 11.1 Å². The summed E-state index contributed by atoms with van der Waals surface area (Å²) in [4.78, 5) is 41.6. The first-order valence-electron chi connectivity index (χ1n) is 8.59. The van der Waals surface area contributed by atoms with Crippen LogP contribution in [0.3, 0.4) is 0 Å². The molecule has 1 amide bonds. The summed E-state index contributed by atoms with van der Waals surface area (Å²) in [5, 5.41) is 23.9. The Kier molecular flexibility index (Phi) is 5.18. The summed E-state index contributed by atoms with van der Waals surface area (Å²) < 4.78 is 0.786. The van der Waals surface area contributed by atoms with Crippen molar-refractivity contribution in [3.8, 4) is 0 Å². The predicted molar refractivity (Wildman–Crippen MR) is 114 cm³/mol. The highest BCUT2D eigenvalue weighted by atomic mass is 79.9. The molecule has 2 heterocycles. The Morgan fingerprint density at radius 2 is 1.80 bits per heavy atom. The maximum absolute atomic E-state index is 12.9. The van der Waals surface area contributed by atoms with E-state index in [1.165, 1.54) is 46.7 Å². The number of aliphatic hydroxyl groups excluding tert-OH is 1. The van der Waals surface area contributed by atoms with Gasteiger partial charge in [0.1, 0.15) is 5.76 Å². The fourth-order valence-electron chi connectivity index (χ4n) is 3.22. The molecule has 0 aliphatic carbocycles. The number of aliphatic hydroxyl groups is 1. The van der Waals surface area contributed by atoms with Crippen LogP contribution in [0, 0.1) is 10.1 Å².